The van der Waals surface area contributed by atoms with E-state index in [4.69, 9.17) is 4.74 Å². The molecule has 1 aliphatic heterocycles. The summed E-state index contributed by atoms with van der Waals surface area (Å²) in [5.41, 5.74) is -0.0471. The van der Waals surface area contributed by atoms with Crippen LogP contribution in [0, 0.1) is 17.5 Å². The van der Waals surface area contributed by atoms with Crippen molar-refractivity contribution in [1.29, 1.82) is 0 Å². The summed E-state index contributed by atoms with van der Waals surface area (Å²) in [5.74, 6) is -3.84. The fourth-order valence-electron chi connectivity index (χ4n) is 2.22. The van der Waals surface area contributed by atoms with Crippen molar-refractivity contribution in [3.05, 3.63) is 29.6 Å². The quantitative estimate of drug-likeness (QED) is 0.862. The second-order valence-electron chi connectivity index (χ2n) is 5.19. The third-order valence-corrected chi connectivity index (χ3v) is 3.46. The van der Waals surface area contributed by atoms with Gasteiger partial charge in [0.1, 0.15) is 0 Å². The van der Waals surface area contributed by atoms with Gasteiger partial charge in [-0.3, -0.25) is 4.90 Å². The third kappa shape index (κ3) is 3.43. The van der Waals surface area contributed by atoms with Gasteiger partial charge in [-0.25, -0.2) is 13.2 Å². The lowest BCUT2D eigenvalue weighted by molar-refractivity contribution is -0.0315. The van der Waals surface area contributed by atoms with E-state index in [-0.39, 0.29) is 11.8 Å². The Hall–Kier alpha value is -1.27. The van der Waals surface area contributed by atoms with Crippen molar-refractivity contribution in [2.24, 2.45) is 0 Å². The molecule has 0 amide bonds. The topological polar surface area (TPSA) is 24.5 Å². The highest BCUT2D eigenvalue weighted by Crippen LogP contribution is 2.20. The molecule has 0 aromatic heterocycles. The number of ether oxygens (including phenoxy) is 1. The van der Waals surface area contributed by atoms with Gasteiger partial charge < -0.3 is 10.1 Å². The van der Waals surface area contributed by atoms with Crippen LogP contribution in [0.4, 0.5) is 18.9 Å². The first-order chi connectivity index (χ1) is 9.49. The van der Waals surface area contributed by atoms with Crippen molar-refractivity contribution in [2.45, 2.75) is 26.0 Å². The van der Waals surface area contributed by atoms with E-state index < -0.39 is 17.5 Å². The Balaban J connectivity index is 1.94. The van der Waals surface area contributed by atoms with Crippen LogP contribution in [0.2, 0.25) is 0 Å². The van der Waals surface area contributed by atoms with Crippen molar-refractivity contribution >= 4 is 5.69 Å². The molecule has 20 heavy (non-hydrogen) atoms. The van der Waals surface area contributed by atoms with Gasteiger partial charge >= 0.3 is 0 Å². The number of hydrogen-bond donors (Lipinski definition) is 1. The fraction of sp³-hybridized carbons (Fsp3) is 0.571. The van der Waals surface area contributed by atoms with Gasteiger partial charge in [0.15, 0.2) is 17.5 Å². The van der Waals surface area contributed by atoms with Crippen molar-refractivity contribution in [2.75, 3.05) is 31.6 Å². The predicted octanol–water partition coefficient (Wildman–Crippen LogP) is 2.63. The molecule has 0 aliphatic carbocycles. The highest BCUT2D eigenvalue weighted by Gasteiger charge is 2.22. The molecule has 0 spiro atoms. The van der Waals surface area contributed by atoms with Gasteiger partial charge in [-0.1, -0.05) is 0 Å². The van der Waals surface area contributed by atoms with Crippen LogP contribution in [0.25, 0.3) is 0 Å². The van der Waals surface area contributed by atoms with Gasteiger partial charge in [0.05, 0.1) is 18.4 Å². The van der Waals surface area contributed by atoms with Crippen LogP contribution in [0.1, 0.15) is 13.8 Å². The maximum Gasteiger partial charge on any atom is 0.196 e. The molecule has 1 aliphatic rings. The molecule has 1 atom stereocenters. The Labute approximate surface area is 116 Å². The first-order valence-electron chi connectivity index (χ1n) is 6.72. The van der Waals surface area contributed by atoms with E-state index in [9.17, 15) is 13.2 Å². The van der Waals surface area contributed by atoms with Gasteiger partial charge in [0.25, 0.3) is 0 Å². The molecule has 0 bridgehead atoms. The minimum atomic E-state index is -1.46. The Bertz CT molecular complexity index is 468. The molecule has 1 aromatic carbocycles. The smallest absolute Gasteiger partial charge is 0.196 e. The monoisotopic (exact) mass is 288 g/mol. The molecule has 1 aromatic rings. The molecule has 6 heteroatoms. The summed E-state index contributed by atoms with van der Waals surface area (Å²) in [6.07, 6.45) is -0.0985. The molecule has 0 radical (unpaired) electrons. The fourth-order valence-corrected chi connectivity index (χ4v) is 2.22. The summed E-state index contributed by atoms with van der Waals surface area (Å²) in [6, 6.07) is 2.51. The molecule has 2 rings (SSSR count). The van der Waals surface area contributed by atoms with Gasteiger partial charge in [-0.2, -0.15) is 0 Å². The Morgan fingerprint density at radius 2 is 2.05 bits per heavy atom. The second-order valence-corrected chi connectivity index (χ2v) is 5.19. The number of nitrogens with zero attached hydrogens (tertiary/aromatic N) is 1. The van der Waals surface area contributed by atoms with Crippen LogP contribution in [-0.4, -0.2) is 43.3 Å². The van der Waals surface area contributed by atoms with Crippen LogP contribution >= 0.6 is 0 Å². The summed E-state index contributed by atoms with van der Waals surface area (Å²) >= 11 is 0. The lowest BCUT2D eigenvalue weighted by atomic mass is 10.2. The minimum Gasteiger partial charge on any atom is -0.380 e. The standard InChI is InChI=1S/C14H19F3N2O/c1-9(2)19-5-6-20-10(8-19)7-18-12-4-3-11(15)13(16)14(12)17/h3-4,9-10,18H,5-8H2,1-2H3. The van der Waals surface area contributed by atoms with Gasteiger partial charge in [-0.05, 0) is 26.0 Å². The van der Waals surface area contributed by atoms with E-state index in [0.29, 0.717) is 19.2 Å². The number of benzene rings is 1. The number of hydrogen-bond acceptors (Lipinski definition) is 3. The molecule has 1 N–H and O–H groups in total. The maximum atomic E-state index is 13.5. The van der Waals surface area contributed by atoms with Crippen molar-refractivity contribution in [1.82, 2.24) is 4.90 Å². The Morgan fingerprint density at radius 3 is 2.75 bits per heavy atom. The number of morpholine rings is 1. The van der Waals surface area contributed by atoms with Crippen molar-refractivity contribution in [3.63, 3.8) is 0 Å². The van der Waals surface area contributed by atoms with E-state index in [1.807, 2.05) is 0 Å². The average molecular weight is 288 g/mol. The number of halogens is 3. The molecule has 1 saturated heterocycles. The molecule has 112 valence electrons. The largest absolute Gasteiger partial charge is 0.380 e. The van der Waals surface area contributed by atoms with Crippen LogP contribution in [-0.2, 0) is 4.74 Å². The Morgan fingerprint density at radius 1 is 1.30 bits per heavy atom. The zero-order chi connectivity index (χ0) is 14.7. The van der Waals surface area contributed by atoms with Crippen LogP contribution in [0.5, 0.6) is 0 Å². The van der Waals surface area contributed by atoms with Gasteiger partial charge in [-0.15, -0.1) is 0 Å². The Kier molecular flexibility index (Phi) is 4.88. The zero-order valence-electron chi connectivity index (χ0n) is 11.6. The molecule has 1 unspecified atom stereocenters. The summed E-state index contributed by atoms with van der Waals surface area (Å²) in [5, 5.41) is 2.78. The summed E-state index contributed by atoms with van der Waals surface area (Å²) < 4.78 is 45.0. The van der Waals surface area contributed by atoms with E-state index in [1.54, 1.807) is 0 Å². The first-order valence-corrected chi connectivity index (χ1v) is 6.72. The molecular weight excluding hydrogens is 269 g/mol. The van der Waals surface area contributed by atoms with E-state index in [2.05, 4.69) is 24.1 Å². The van der Waals surface area contributed by atoms with Crippen molar-refractivity contribution < 1.29 is 17.9 Å². The molecule has 0 saturated carbocycles. The minimum absolute atomic E-state index is 0.0471. The van der Waals surface area contributed by atoms with Crippen LogP contribution in [0.15, 0.2) is 12.1 Å². The summed E-state index contributed by atoms with van der Waals surface area (Å²) in [7, 11) is 0. The van der Waals surface area contributed by atoms with Crippen LogP contribution in [0.3, 0.4) is 0 Å². The number of rotatable bonds is 4. The lowest BCUT2D eigenvalue weighted by Gasteiger charge is -2.35. The molecule has 1 heterocycles. The second kappa shape index (κ2) is 6.45. The molecular formula is C14H19F3N2O. The van der Waals surface area contributed by atoms with Crippen LogP contribution < -0.4 is 5.32 Å². The number of nitrogens with one attached hydrogen (secondary N) is 1. The highest BCUT2D eigenvalue weighted by molar-refractivity contribution is 5.45. The predicted molar refractivity (Wildman–Crippen MR) is 71.3 cm³/mol. The highest BCUT2D eigenvalue weighted by atomic mass is 19.2. The summed E-state index contributed by atoms with van der Waals surface area (Å²) in [6.45, 7) is 6.77. The maximum absolute atomic E-state index is 13.5. The van der Waals surface area contributed by atoms with Crippen molar-refractivity contribution in [3.8, 4) is 0 Å². The molecule has 1 fully saturated rings. The van der Waals surface area contributed by atoms with E-state index >= 15 is 0 Å². The SMILES string of the molecule is CC(C)N1CCOC(CNc2ccc(F)c(F)c2F)C1. The van der Waals surface area contributed by atoms with E-state index in [1.165, 1.54) is 6.07 Å². The zero-order valence-corrected chi connectivity index (χ0v) is 11.6. The summed E-state index contributed by atoms with van der Waals surface area (Å²) in [4.78, 5) is 2.26. The molecule has 3 nitrogen and oxygen atoms in total. The van der Waals surface area contributed by atoms with Gasteiger partial charge in [0.2, 0.25) is 0 Å². The van der Waals surface area contributed by atoms with E-state index in [0.717, 1.165) is 19.2 Å². The third-order valence-electron chi connectivity index (χ3n) is 3.46. The van der Waals surface area contributed by atoms with Gasteiger partial charge in [0, 0.05) is 25.7 Å². The lowest BCUT2D eigenvalue weighted by Crippen LogP contribution is -2.48. The first kappa shape index (κ1) is 15.1. The average Bonchev–Trinajstić information content (AvgIpc) is 2.44. The normalized spacial score (nSPS) is 20.4. The number of anilines is 1.